The number of amides is 1. The van der Waals surface area contributed by atoms with Crippen LogP contribution in [0.1, 0.15) is 17.2 Å². The molecule has 1 atom stereocenters. The number of ketones is 1. The molecule has 1 aliphatic heterocycles. The topological polar surface area (TPSA) is 82.5 Å². The van der Waals surface area contributed by atoms with Crippen LogP contribution in [0.15, 0.2) is 48.0 Å². The minimum atomic E-state index is -0.717. The Morgan fingerprint density at radius 2 is 1.67 bits per heavy atom. The largest absolute Gasteiger partial charge is 0.507 e. The maximum absolute atomic E-state index is 13.2. The van der Waals surface area contributed by atoms with Crippen molar-refractivity contribution in [3.63, 3.8) is 0 Å². The summed E-state index contributed by atoms with van der Waals surface area (Å²) in [7, 11) is 10.7. The number of ether oxygens (including phenoxy) is 2. The number of rotatable bonds is 8. The average molecular weight is 454 g/mol. The summed E-state index contributed by atoms with van der Waals surface area (Å²) in [6.07, 6.45) is 0. The average Bonchev–Trinajstić information content (AvgIpc) is 3.06. The van der Waals surface area contributed by atoms with E-state index in [1.807, 2.05) is 62.3 Å². The van der Waals surface area contributed by atoms with E-state index < -0.39 is 17.7 Å². The van der Waals surface area contributed by atoms with Crippen molar-refractivity contribution >= 4 is 23.1 Å². The van der Waals surface area contributed by atoms with Gasteiger partial charge in [0.25, 0.3) is 11.7 Å². The molecular weight excluding hydrogens is 422 g/mol. The Labute approximate surface area is 194 Å². The van der Waals surface area contributed by atoms with Crippen LogP contribution >= 0.6 is 0 Å². The lowest BCUT2D eigenvalue weighted by atomic mass is 9.94. The van der Waals surface area contributed by atoms with Gasteiger partial charge in [-0.05, 0) is 43.9 Å². The van der Waals surface area contributed by atoms with Gasteiger partial charge in [-0.3, -0.25) is 9.59 Å². The van der Waals surface area contributed by atoms with Gasteiger partial charge in [0.2, 0.25) is 0 Å². The monoisotopic (exact) mass is 453 g/mol. The maximum atomic E-state index is 13.2. The lowest BCUT2D eigenvalue weighted by Gasteiger charge is -2.27. The Hall–Kier alpha value is -3.52. The second-order valence-corrected chi connectivity index (χ2v) is 8.35. The molecule has 8 nitrogen and oxygen atoms in total. The van der Waals surface area contributed by atoms with Crippen molar-refractivity contribution in [1.29, 1.82) is 0 Å². The molecule has 0 radical (unpaired) electrons. The quantitative estimate of drug-likeness (QED) is 0.374. The lowest BCUT2D eigenvalue weighted by molar-refractivity contribution is -0.140. The van der Waals surface area contributed by atoms with Gasteiger partial charge < -0.3 is 29.3 Å². The van der Waals surface area contributed by atoms with Crippen LogP contribution in [0.2, 0.25) is 0 Å². The van der Waals surface area contributed by atoms with Gasteiger partial charge in [-0.15, -0.1) is 0 Å². The Morgan fingerprint density at radius 1 is 1.00 bits per heavy atom. The van der Waals surface area contributed by atoms with E-state index in [4.69, 9.17) is 9.47 Å². The second kappa shape index (κ2) is 9.95. The third-order valence-electron chi connectivity index (χ3n) is 5.72. The van der Waals surface area contributed by atoms with Crippen LogP contribution in [-0.2, 0) is 9.59 Å². The lowest BCUT2D eigenvalue weighted by Crippen LogP contribution is -2.35. The van der Waals surface area contributed by atoms with Gasteiger partial charge in [0, 0.05) is 38.9 Å². The van der Waals surface area contributed by atoms with Gasteiger partial charge in [0.15, 0.2) is 0 Å². The number of aliphatic hydroxyl groups is 1. The molecule has 33 heavy (non-hydrogen) atoms. The summed E-state index contributed by atoms with van der Waals surface area (Å²) in [5.74, 6) is -0.737. The molecule has 1 aliphatic rings. The molecule has 1 fully saturated rings. The summed E-state index contributed by atoms with van der Waals surface area (Å²) in [5.41, 5.74) is 2.09. The van der Waals surface area contributed by atoms with Gasteiger partial charge >= 0.3 is 0 Å². The van der Waals surface area contributed by atoms with Crippen molar-refractivity contribution in [2.45, 2.75) is 6.04 Å². The molecule has 0 spiro atoms. The number of anilines is 1. The van der Waals surface area contributed by atoms with Crippen LogP contribution in [0, 0.1) is 0 Å². The summed E-state index contributed by atoms with van der Waals surface area (Å²) in [6, 6.07) is 11.8. The van der Waals surface area contributed by atoms with Gasteiger partial charge in [0.05, 0.1) is 31.4 Å². The number of methoxy groups -OCH3 is 2. The maximum Gasteiger partial charge on any atom is 0.295 e. The molecule has 1 saturated heterocycles. The van der Waals surface area contributed by atoms with E-state index in [-0.39, 0.29) is 11.3 Å². The van der Waals surface area contributed by atoms with E-state index in [1.165, 1.54) is 19.1 Å². The molecule has 1 heterocycles. The van der Waals surface area contributed by atoms with Crippen molar-refractivity contribution in [3.05, 3.63) is 59.2 Å². The van der Waals surface area contributed by atoms with Crippen LogP contribution in [0.3, 0.4) is 0 Å². The van der Waals surface area contributed by atoms with Crippen LogP contribution in [-0.4, -0.2) is 82.1 Å². The van der Waals surface area contributed by atoms with Crippen LogP contribution in [0.4, 0.5) is 5.69 Å². The zero-order chi connectivity index (χ0) is 24.3. The van der Waals surface area contributed by atoms with E-state index in [1.54, 1.807) is 18.2 Å². The minimum Gasteiger partial charge on any atom is -0.507 e. The summed E-state index contributed by atoms with van der Waals surface area (Å²) >= 11 is 0. The van der Waals surface area contributed by atoms with Gasteiger partial charge in [-0.25, -0.2) is 0 Å². The predicted octanol–water partition coefficient (Wildman–Crippen LogP) is 2.75. The number of carbonyl (C=O) groups excluding carboxylic acids is 2. The molecule has 0 saturated carbocycles. The van der Waals surface area contributed by atoms with Crippen molar-refractivity contribution in [3.8, 4) is 11.5 Å². The fourth-order valence-electron chi connectivity index (χ4n) is 3.86. The highest BCUT2D eigenvalue weighted by Crippen LogP contribution is 2.41. The van der Waals surface area contributed by atoms with E-state index in [2.05, 4.69) is 0 Å². The number of hydrogen-bond donors (Lipinski definition) is 1. The Bertz CT molecular complexity index is 1060. The first-order chi connectivity index (χ1) is 15.7. The Kier molecular flexibility index (Phi) is 7.28. The number of carbonyl (C=O) groups is 2. The molecule has 0 bridgehead atoms. The van der Waals surface area contributed by atoms with E-state index >= 15 is 0 Å². The summed E-state index contributed by atoms with van der Waals surface area (Å²) in [5, 5.41) is 11.3. The van der Waals surface area contributed by atoms with E-state index in [0.717, 1.165) is 11.3 Å². The third-order valence-corrected chi connectivity index (χ3v) is 5.72. The van der Waals surface area contributed by atoms with Crippen molar-refractivity contribution in [1.82, 2.24) is 9.80 Å². The van der Waals surface area contributed by atoms with Gasteiger partial charge in [0.1, 0.15) is 17.3 Å². The van der Waals surface area contributed by atoms with Crippen molar-refractivity contribution in [2.24, 2.45) is 0 Å². The first-order valence-corrected chi connectivity index (χ1v) is 10.6. The molecule has 1 unspecified atom stereocenters. The first kappa shape index (κ1) is 24.1. The zero-order valence-electron chi connectivity index (χ0n) is 20.0. The predicted molar refractivity (Wildman–Crippen MR) is 128 cm³/mol. The number of hydrogen-bond acceptors (Lipinski definition) is 7. The number of aliphatic hydroxyl groups excluding tert-OH is 1. The standard InChI is InChI=1S/C25H31N3O5/c1-26(2)13-14-28-22(16-7-9-17(10-8-16)27(3)4)21(24(30)25(28)31)23(29)19-12-11-18(32-5)15-20(19)33-6/h7-12,15,22,29H,13-14H2,1-6H3/b23-21-. The smallest absolute Gasteiger partial charge is 0.295 e. The summed E-state index contributed by atoms with van der Waals surface area (Å²) < 4.78 is 10.7. The number of nitrogens with zero attached hydrogens (tertiary/aromatic N) is 3. The molecule has 0 aromatic heterocycles. The highest BCUT2D eigenvalue weighted by Gasteiger charge is 2.46. The number of benzene rings is 2. The normalized spacial score (nSPS) is 17.5. The van der Waals surface area contributed by atoms with Crippen LogP contribution < -0.4 is 14.4 Å². The highest BCUT2D eigenvalue weighted by molar-refractivity contribution is 6.46. The molecule has 2 aromatic rings. The first-order valence-electron chi connectivity index (χ1n) is 10.6. The van der Waals surface area contributed by atoms with E-state index in [0.29, 0.717) is 30.2 Å². The number of Topliss-reactive ketones (excluding diaryl/α,β-unsaturated/α-hetero) is 1. The molecule has 8 heteroatoms. The SMILES string of the molecule is COc1ccc(/C(O)=C2/C(=O)C(=O)N(CCN(C)C)C2c2ccc(N(C)C)cc2)c(OC)c1. The second-order valence-electron chi connectivity index (χ2n) is 8.35. The van der Waals surface area contributed by atoms with Crippen molar-refractivity contribution in [2.75, 3.05) is 60.4 Å². The molecule has 1 amide bonds. The third kappa shape index (κ3) is 4.80. The summed E-state index contributed by atoms with van der Waals surface area (Å²) in [6.45, 7) is 0.916. The molecule has 2 aromatic carbocycles. The fraction of sp³-hybridized carbons (Fsp3) is 0.360. The van der Waals surface area contributed by atoms with Crippen LogP contribution in [0.25, 0.3) is 5.76 Å². The Balaban J connectivity index is 2.18. The highest BCUT2D eigenvalue weighted by atomic mass is 16.5. The minimum absolute atomic E-state index is 0.0415. The van der Waals surface area contributed by atoms with E-state index in [9.17, 15) is 14.7 Å². The Morgan fingerprint density at radius 3 is 2.21 bits per heavy atom. The molecule has 3 rings (SSSR count). The molecule has 1 N–H and O–H groups in total. The molecular formula is C25H31N3O5. The summed E-state index contributed by atoms with van der Waals surface area (Å²) in [4.78, 5) is 31.6. The fourth-order valence-corrected chi connectivity index (χ4v) is 3.86. The number of likely N-dealkylation sites (N-methyl/N-ethyl adjacent to an activating group) is 1. The molecule has 176 valence electrons. The van der Waals surface area contributed by atoms with Gasteiger partial charge in [-0.2, -0.15) is 0 Å². The number of likely N-dealkylation sites (tertiary alicyclic amines) is 1. The van der Waals surface area contributed by atoms with Crippen LogP contribution in [0.5, 0.6) is 11.5 Å². The van der Waals surface area contributed by atoms with Crippen molar-refractivity contribution < 1.29 is 24.2 Å². The van der Waals surface area contributed by atoms with Gasteiger partial charge in [-0.1, -0.05) is 12.1 Å². The molecule has 0 aliphatic carbocycles. The zero-order valence-corrected chi connectivity index (χ0v) is 20.0.